The lowest BCUT2D eigenvalue weighted by atomic mass is 10.2. The monoisotopic (exact) mass is 278 g/mol. The van der Waals surface area contributed by atoms with E-state index in [1.54, 1.807) is 23.5 Å². The fourth-order valence-electron chi connectivity index (χ4n) is 1.54. The Labute approximate surface area is 109 Å². The van der Waals surface area contributed by atoms with E-state index >= 15 is 0 Å². The maximum absolute atomic E-state index is 11.8. The summed E-state index contributed by atoms with van der Waals surface area (Å²) in [5, 5.41) is 14.9. The van der Waals surface area contributed by atoms with Gasteiger partial charge in [0.1, 0.15) is 6.04 Å². The van der Waals surface area contributed by atoms with E-state index in [1.165, 1.54) is 0 Å². The number of hydrogen-bond donors (Lipinski definition) is 3. The van der Waals surface area contributed by atoms with E-state index in [9.17, 15) is 9.59 Å². The minimum atomic E-state index is -0.967. The summed E-state index contributed by atoms with van der Waals surface area (Å²) in [6.07, 6.45) is 2.37. The SMILES string of the molecule is CSCCC(NC(=O)C1CSC(C)N1)C(=O)O. The van der Waals surface area contributed by atoms with Crippen LogP contribution in [0.4, 0.5) is 0 Å². The summed E-state index contributed by atoms with van der Waals surface area (Å²) in [7, 11) is 0. The molecule has 0 aliphatic carbocycles. The van der Waals surface area contributed by atoms with Gasteiger partial charge in [-0.05, 0) is 25.4 Å². The van der Waals surface area contributed by atoms with Crippen molar-refractivity contribution in [3.63, 3.8) is 0 Å². The van der Waals surface area contributed by atoms with E-state index in [0.29, 0.717) is 12.2 Å². The first-order chi connectivity index (χ1) is 8.04. The quantitative estimate of drug-likeness (QED) is 0.651. The lowest BCUT2D eigenvalue weighted by Crippen LogP contribution is -2.50. The Kier molecular flexibility index (Phi) is 6.15. The van der Waals surface area contributed by atoms with Crippen LogP contribution in [0.2, 0.25) is 0 Å². The van der Waals surface area contributed by atoms with Crippen LogP contribution >= 0.6 is 23.5 Å². The molecule has 17 heavy (non-hydrogen) atoms. The van der Waals surface area contributed by atoms with Crippen molar-refractivity contribution in [1.82, 2.24) is 10.6 Å². The van der Waals surface area contributed by atoms with E-state index in [-0.39, 0.29) is 17.3 Å². The average molecular weight is 278 g/mol. The molecule has 98 valence electrons. The maximum Gasteiger partial charge on any atom is 0.326 e. The number of nitrogens with one attached hydrogen (secondary N) is 2. The smallest absolute Gasteiger partial charge is 0.326 e. The molecule has 0 spiro atoms. The van der Waals surface area contributed by atoms with Crippen molar-refractivity contribution in [1.29, 1.82) is 0 Å². The van der Waals surface area contributed by atoms with Crippen LogP contribution in [0, 0.1) is 0 Å². The van der Waals surface area contributed by atoms with Gasteiger partial charge in [-0.25, -0.2) is 4.79 Å². The van der Waals surface area contributed by atoms with Crippen LogP contribution in [-0.4, -0.2) is 52.2 Å². The molecule has 1 aliphatic heterocycles. The van der Waals surface area contributed by atoms with Gasteiger partial charge in [0.05, 0.1) is 11.4 Å². The summed E-state index contributed by atoms with van der Waals surface area (Å²) in [5.74, 6) is 0.240. The number of thioether (sulfide) groups is 2. The molecule has 1 aliphatic rings. The highest BCUT2D eigenvalue weighted by atomic mass is 32.2. The van der Waals surface area contributed by atoms with Gasteiger partial charge in [0, 0.05) is 5.75 Å². The molecule has 1 saturated heterocycles. The van der Waals surface area contributed by atoms with Crippen molar-refractivity contribution < 1.29 is 14.7 Å². The van der Waals surface area contributed by atoms with E-state index in [1.807, 2.05) is 13.2 Å². The number of carbonyl (C=O) groups excluding carboxylic acids is 1. The second-order valence-electron chi connectivity index (χ2n) is 3.88. The number of carboxylic acids is 1. The van der Waals surface area contributed by atoms with Crippen molar-refractivity contribution in [3.8, 4) is 0 Å². The molecule has 5 nitrogen and oxygen atoms in total. The molecule has 7 heteroatoms. The number of aliphatic carboxylic acids is 1. The van der Waals surface area contributed by atoms with Crippen molar-refractivity contribution in [2.45, 2.75) is 30.8 Å². The first kappa shape index (κ1) is 14.7. The molecule has 1 amide bonds. The number of hydrogen-bond acceptors (Lipinski definition) is 5. The number of rotatable bonds is 6. The van der Waals surface area contributed by atoms with E-state index < -0.39 is 12.0 Å². The minimum absolute atomic E-state index is 0.213. The van der Waals surface area contributed by atoms with Crippen molar-refractivity contribution in [2.24, 2.45) is 0 Å². The second-order valence-corrected chi connectivity index (χ2v) is 6.24. The van der Waals surface area contributed by atoms with Crippen molar-refractivity contribution in [2.75, 3.05) is 17.8 Å². The third kappa shape index (κ3) is 4.77. The predicted molar refractivity (Wildman–Crippen MR) is 71.4 cm³/mol. The molecule has 1 fully saturated rings. The van der Waals surface area contributed by atoms with Gasteiger partial charge in [0.25, 0.3) is 0 Å². The molecule has 3 unspecified atom stereocenters. The van der Waals surface area contributed by atoms with Crippen molar-refractivity contribution in [3.05, 3.63) is 0 Å². The topological polar surface area (TPSA) is 78.4 Å². The molecule has 3 atom stereocenters. The van der Waals surface area contributed by atoms with Gasteiger partial charge >= 0.3 is 5.97 Å². The Morgan fingerprint density at radius 3 is 2.82 bits per heavy atom. The highest BCUT2D eigenvalue weighted by molar-refractivity contribution is 8.00. The molecule has 0 saturated carbocycles. The lowest BCUT2D eigenvalue weighted by Gasteiger charge is -2.17. The first-order valence-corrected chi connectivity index (χ1v) is 7.88. The summed E-state index contributed by atoms with van der Waals surface area (Å²) in [5.41, 5.74) is 0. The Balaban J connectivity index is 2.43. The highest BCUT2D eigenvalue weighted by Crippen LogP contribution is 2.17. The van der Waals surface area contributed by atoms with Crippen LogP contribution in [0.1, 0.15) is 13.3 Å². The van der Waals surface area contributed by atoms with Crippen LogP contribution in [-0.2, 0) is 9.59 Å². The largest absolute Gasteiger partial charge is 0.480 e. The molecule has 0 aromatic carbocycles. The Morgan fingerprint density at radius 2 is 2.35 bits per heavy atom. The molecule has 0 aromatic rings. The van der Waals surface area contributed by atoms with Crippen LogP contribution in [0.15, 0.2) is 0 Å². The molecule has 3 N–H and O–H groups in total. The van der Waals surface area contributed by atoms with E-state index in [4.69, 9.17) is 5.11 Å². The second kappa shape index (κ2) is 7.13. The number of carbonyl (C=O) groups is 2. The summed E-state index contributed by atoms with van der Waals surface area (Å²) >= 11 is 3.24. The Bertz CT molecular complexity index is 289. The summed E-state index contributed by atoms with van der Waals surface area (Å²) < 4.78 is 0. The molecule has 0 bridgehead atoms. The molecule has 0 aromatic heterocycles. The van der Waals surface area contributed by atoms with Gasteiger partial charge in [-0.3, -0.25) is 10.1 Å². The van der Waals surface area contributed by atoms with Crippen LogP contribution < -0.4 is 10.6 Å². The Morgan fingerprint density at radius 1 is 1.65 bits per heavy atom. The summed E-state index contributed by atoms with van der Waals surface area (Å²) in [4.78, 5) is 22.8. The third-order valence-corrected chi connectivity index (χ3v) is 4.30. The van der Waals surface area contributed by atoms with Gasteiger partial charge in [-0.1, -0.05) is 0 Å². The van der Waals surface area contributed by atoms with Crippen molar-refractivity contribution >= 4 is 35.4 Å². The van der Waals surface area contributed by atoms with Gasteiger partial charge in [-0.15, -0.1) is 11.8 Å². The van der Waals surface area contributed by atoms with Crippen LogP contribution in [0.25, 0.3) is 0 Å². The zero-order valence-corrected chi connectivity index (χ0v) is 11.6. The van der Waals surface area contributed by atoms with Gasteiger partial charge < -0.3 is 10.4 Å². The lowest BCUT2D eigenvalue weighted by molar-refractivity contribution is -0.142. The van der Waals surface area contributed by atoms with Crippen LogP contribution in [0.5, 0.6) is 0 Å². The van der Waals surface area contributed by atoms with Gasteiger partial charge in [-0.2, -0.15) is 11.8 Å². The summed E-state index contributed by atoms with van der Waals surface area (Å²) in [6.45, 7) is 1.99. The fourth-order valence-corrected chi connectivity index (χ4v) is 3.00. The molecular weight excluding hydrogens is 260 g/mol. The minimum Gasteiger partial charge on any atom is -0.480 e. The maximum atomic E-state index is 11.8. The van der Waals surface area contributed by atoms with Crippen LogP contribution in [0.3, 0.4) is 0 Å². The summed E-state index contributed by atoms with van der Waals surface area (Å²) in [6, 6.07) is -1.05. The zero-order chi connectivity index (χ0) is 12.8. The molecule has 0 radical (unpaired) electrons. The molecule has 1 rings (SSSR count). The molecule has 1 heterocycles. The molecular formula is C10H18N2O3S2. The fraction of sp³-hybridized carbons (Fsp3) is 0.800. The Hall–Kier alpha value is -0.400. The highest BCUT2D eigenvalue weighted by Gasteiger charge is 2.29. The first-order valence-electron chi connectivity index (χ1n) is 5.44. The van der Waals surface area contributed by atoms with E-state index in [0.717, 1.165) is 5.75 Å². The van der Waals surface area contributed by atoms with E-state index in [2.05, 4.69) is 10.6 Å². The predicted octanol–water partition coefficient (Wildman–Crippen LogP) is 0.360. The zero-order valence-electron chi connectivity index (χ0n) is 9.93. The third-order valence-electron chi connectivity index (χ3n) is 2.49. The number of carboxylic acid groups (broad SMARTS) is 1. The average Bonchev–Trinajstić information content (AvgIpc) is 2.70. The van der Waals surface area contributed by atoms with Gasteiger partial charge in [0.2, 0.25) is 5.91 Å². The standard InChI is InChI=1S/C10H18N2O3S2/c1-6-11-8(5-17-6)9(13)12-7(10(14)15)3-4-16-2/h6-8,11H,3-5H2,1-2H3,(H,12,13)(H,14,15). The van der Waals surface area contributed by atoms with Gasteiger partial charge in [0.15, 0.2) is 0 Å². The normalized spacial score (nSPS) is 25.5. The number of amides is 1.